The smallest absolute Gasteiger partial charge is 0.462 e. The number of hydrogen-bond donors (Lipinski definition) is 3. The van der Waals surface area contributed by atoms with Crippen molar-refractivity contribution in [3.63, 3.8) is 0 Å². The quantitative estimate of drug-likeness (QED) is 0.0222. The molecule has 0 aliphatic heterocycles. The van der Waals surface area contributed by atoms with Gasteiger partial charge in [0.25, 0.3) is 0 Å². The molecule has 0 saturated carbocycles. The number of ether oxygens (including phenoxy) is 4. The van der Waals surface area contributed by atoms with E-state index in [1.807, 2.05) is 0 Å². The highest BCUT2D eigenvalue weighted by Crippen LogP contribution is 2.45. The van der Waals surface area contributed by atoms with E-state index in [9.17, 15) is 43.2 Å². The monoisotopic (exact) mass is 1470 g/mol. The van der Waals surface area contributed by atoms with Crippen LogP contribution in [0.25, 0.3) is 0 Å². The Kier molecular flexibility index (Phi) is 71.2. The van der Waals surface area contributed by atoms with Crippen molar-refractivity contribution >= 4 is 39.5 Å². The van der Waals surface area contributed by atoms with Gasteiger partial charge in [-0.15, -0.1) is 0 Å². The van der Waals surface area contributed by atoms with Crippen LogP contribution >= 0.6 is 15.6 Å². The van der Waals surface area contributed by atoms with Gasteiger partial charge in [0.15, 0.2) is 12.2 Å². The zero-order valence-electron chi connectivity index (χ0n) is 65.5. The average Bonchev–Trinajstić information content (AvgIpc) is 0.918. The van der Waals surface area contributed by atoms with Crippen molar-refractivity contribution in [2.24, 2.45) is 11.8 Å². The lowest BCUT2D eigenvalue weighted by molar-refractivity contribution is -0.161. The molecule has 0 bridgehead atoms. The minimum atomic E-state index is -4.96. The second kappa shape index (κ2) is 72.6. The summed E-state index contributed by atoms with van der Waals surface area (Å²) in [5.41, 5.74) is 0. The first-order valence-electron chi connectivity index (χ1n) is 42.0. The van der Waals surface area contributed by atoms with E-state index in [-0.39, 0.29) is 25.7 Å². The zero-order chi connectivity index (χ0) is 73.5. The van der Waals surface area contributed by atoms with Gasteiger partial charge in [-0.2, -0.15) is 0 Å². The number of aliphatic hydroxyl groups excluding tert-OH is 1. The minimum Gasteiger partial charge on any atom is -0.462 e. The lowest BCUT2D eigenvalue weighted by Crippen LogP contribution is -2.30. The fourth-order valence-electron chi connectivity index (χ4n) is 12.5. The molecule has 0 spiro atoms. The number of rotatable bonds is 80. The second-order valence-corrected chi connectivity index (χ2v) is 32.8. The van der Waals surface area contributed by atoms with Crippen LogP contribution in [0.4, 0.5) is 0 Å². The third kappa shape index (κ3) is 73.0. The van der Waals surface area contributed by atoms with E-state index in [4.69, 9.17) is 37.0 Å². The first-order chi connectivity index (χ1) is 48.4. The van der Waals surface area contributed by atoms with Crippen LogP contribution in [-0.4, -0.2) is 96.7 Å². The molecule has 3 N–H and O–H groups in total. The average molecular weight is 1470 g/mol. The minimum absolute atomic E-state index is 0.108. The fourth-order valence-corrected chi connectivity index (χ4v) is 14.1. The summed E-state index contributed by atoms with van der Waals surface area (Å²) in [7, 11) is -9.91. The van der Waals surface area contributed by atoms with Gasteiger partial charge in [0.2, 0.25) is 0 Å². The maximum Gasteiger partial charge on any atom is 0.472 e. The SMILES string of the molecule is CCCCCCCCCCCCCCCCC(=O)O[C@H](COC(=O)CCCCCCCCCC)COP(=O)(O)OC[C@H](O)COP(=O)(O)OC[C@@H](COC(=O)CCCCCCCCCCCCCCCC(C)C)OC(=O)CCCCCCCCCCCCCCCCCCCCC(C)CC. The summed E-state index contributed by atoms with van der Waals surface area (Å²) in [5.74, 6) is -0.448. The molecule has 0 saturated heterocycles. The second-order valence-electron chi connectivity index (χ2n) is 29.9. The summed E-state index contributed by atoms with van der Waals surface area (Å²) < 4.78 is 68.6. The van der Waals surface area contributed by atoms with Crippen LogP contribution in [0, 0.1) is 11.8 Å². The van der Waals surface area contributed by atoms with E-state index >= 15 is 0 Å². The Bertz CT molecular complexity index is 1930. The Balaban J connectivity index is 5.18. The van der Waals surface area contributed by atoms with E-state index in [1.165, 1.54) is 238 Å². The van der Waals surface area contributed by atoms with E-state index in [0.29, 0.717) is 25.7 Å². The van der Waals surface area contributed by atoms with Gasteiger partial charge in [0.1, 0.15) is 19.3 Å². The molecule has 3 unspecified atom stereocenters. The van der Waals surface area contributed by atoms with Crippen molar-refractivity contribution < 1.29 is 80.2 Å². The molecule has 0 aliphatic rings. The van der Waals surface area contributed by atoms with Crippen molar-refractivity contribution in [2.75, 3.05) is 39.6 Å². The number of carbonyl (C=O) groups excluding carboxylic acids is 4. The Labute approximate surface area is 613 Å². The highest BCUT2D eigenvalue weighted by Gasteiger charge is 2.30. The van der Waals surface area contributed by atoms with Gasteiger partial charge in [-0.3, -0.25) is 37.3 Å². The summed E-state index contributed by atoms with van der Waals surface area (Å²) >= 11 is 0. The first kappa shape index (κ1) is 98.1. The van der Waals surface area contributed by atoms with Gasteiger partial charge in [-0.1, -0.05) is 375 Å². The summed E-state index contributed by atoms with van der Waals surface area (Å²) in [6.07, 6.45) is 62.4. The number of hydrogen-bond acceptors (Lipinski definition) is 15. The fraction of sp³-hybridized carbons (Fsp3) is 0.951. The molecule has 19 heteroatoms. The van der Waals surface area contributed by atoms with E-state index in [2.05, 4.69) is 41.5 Å². The topological polar surface area (TPSA) is 237 Å². The zero-order valence-corrected chi connectivity index (χ0v) is 67.3. The van der Waals surface area contributed by atoms with Gasteiger partial charge in [-0.25, -0.2) is 9.13 Å². The van der Waals surface area contributed by atoms with Crippen molar-refractivity contribution in [1.82, 2.24) is 0 Å². The van der Waals surface area contributed by atoms with Crippen LogP contribution in [0.5, 0.6) is 0 Å². The third-order valence-electron chi connectivity index (χ3n) is 19.3. The molecule has 0 aliphatic carbocycles. The molecule has 17 nitrogen and oxygen atoms in total. The van der Waals surface area contributed by atoms with Gasteiger partial charge in [0.05, 0.1) is 26.4 Å². The molecule has 0 heterocycles. The normalized spacial score (nSPS) is 14.2. The standard InChI is InChI=1S/C81H158O17P2/c1-7-10-12-14-16-18-19-20-30-36-41-47-53-59-65-80(85)97-76(69-91-78(83)63-57-51-45-17-15-13-11-8-2)71-95-99(87,88)93-67-75(82)68-94-100(89,90)96-72-77(70-92-79(84)64-58-52-46-40-35-32-27-28-33-38-43-49-55-61-73(4)5)98-81(86)66-60-54-48-42-37-31-26-24-22-21-23-25-29-34-39-44-50-56-62-74(6)9-3/h73-77,82H,7-72H2,1-6H3,(H,87,88)(H,89,90)/t74?,75-,76+,77+/m0/s1. The van der Waals surface area contributed by atoms with Crippen molar-refractivity contribution in [1.29, 1.82) is 0 Å². The Morgan fingerprint density at radius 2 is 0.510 bits per heavy atom. The molecule has 0 fully saturated rings. The summed E-state index contributed by atoms with van der Waals surface area (Å²) in [6.45, 7) is 9.70. The van der Waals surface area contributed by atoms with Gasteiger partial charge < -0.3 is 33.8 Å². The maximum absolute atomic E-state index is 13.1. The third-order valence-corrected chi connectivity index (χ3v) is 21.2. The summed E-state index contributed by atoms with van der Waals surface area (Å²) in [5, 5.41) is 10.6. The highest BCUT2D eigenvalue weighted by atomic mass is 31.2. The van der Waals surface area contributed by atoms with Gasteiger partial charge >= 0.3 is 39.5 Å². The van der Waals surface area contributed by atoms with E-state index in [1.54, 1.807) is 0 Å². The van der Waals surface area contributed by atoms with Crippen LogP contribution in [0.1, 0.15) is 427 Å². The number of esters is 4. The highest BCUT2D eigenvalue weighted by molar-refractivity contribution is 7.47. The number of phosphoric ester groups is 2. The van der Waals surface area contributed by atoms with Crippen LogP contribution in [0.2, 0.25) is 0 Å². The number of aliphatic hydroxyl groups is 1. The molecule has 100 heavy (non-hydrogen) atoms. The van der Waals surface area contributed by atoms with Gasteiger partial charge in [-0.05, 0) is 37.5 Å². The van der Waals surface area contributed by atoms with Gasteiger partial charge in [0, 0.05) is 25.7 Å². The molecule has 6 atom stereocenters. The Morgan fingerprint density at radius 3 is 0.760 bits per heavy atom. The largest absolute Gasteiger partial charge is 0.472 e. The molecular weight excluding hydrogens is 1310 g/mol. The van der Waals surface area contributed by atoms with Crippen LogP contribution in [0.15, 0.2) is 0 Å². The Hall–Kier alpha value is -1.94. The van der Waals surface area contributed by atoms with Crippen molar-refractivity contribution in [2.45, 2.75) is 445 Å². The molecule has 594 valence electrons. The predicted molar refractivity (Wildman–Crippen MR) is 409 cm³/mol. The maximum atomic E-state index is 13.1. The summed E-state index contributed by atoms with van der Waals surface area (Å²) in [6, 6.07) is 0. The van der Waals surface area contributed by atoms with Crippen LogP contribution in [0.3, 0.4) is 0 Å². The molecule has 0 aromatic carbocycles. The van der Waals surface area contributed by atoms with Crippen LogP contribution < -0.4 is 0 Å². The number of carbonyl (C=O) groups is 4. The van der Waals surface area contributed by atoms with E-state index < -0.39 is 97.5 Å². The predicted octanol–water partition coefficient (Wildman–Crippen LogP) is 24.3. The molecule has 0 amide bonds. The van der Waals surface area contributed by atoms with Crippen molar-refractivity contribution in [3.8, 4) is 0 Å². The molecule has 0 rings (SSSR count). The first-order valence-corrected chi connectivity index (χ1v) is 45.0. The summed E-state index contributed by atoms with van der Waals surface area (Å²) in [4.78, 5) is 72.9. The lowest BCUT2D eigenvalue weighted by Gasteiger charge is -2.21. The molecule has 0 aromatic heterocycles. The Morgan fingerprint density at radius 1 is 0.290 bits per heavy atom. The molecule has 0 aromatic rings. The lowest BCUT2D eigenvalue weighted by atomic mass is 9.99. The molecule has 0 radical (unpaired) electrons. The van der Waals surface area contributed by atoms with Crippen LogP contribution in [-0.2, 0) is 65.4 Å². The van der Waals surface area contributed by atoms with Crippen molar-refractivity contribution in [3.05, 3.63) is 0 Å². The number of phosphoric acid groups is 2. The molecular formula is C81H158O17P2. The number of unbranched alkanes of at least 4 members (excludes halogenated alkanes) is 49. The van der Waals surface area contributed by atoms with E-state index in [0.717, 1.165) is 108 Å².